The molecular formula is C10H11BrClNO. The summed E-state index contributed by atoms with van der Waals surface area (Å²) in [6.45, 7) is 0. The Morgan fingerprint density at radius 3 is 2.57 bits per heavy atom. The highest BCUT2D eigenvalue weighted by molar-refractivity contribution is 9.09. The van der Waals surface area contributed by atoms with Crippen LogP contribution in [0.25, 0.3) is 0 Å². The first-order valence-corrected chi connectivity index (χ1v) is 5.83. The molecule has 2 nitrogen and oxygen atoms in total. The molecule has 0 amide bonds. The second-order valence-electron chi connectivity index (χ2n) is 3.07. The summed E-state index contributed by atoms with van der Waals surface area (Å²) >= 11 is 8.81. The summed E-state index contributed by atoms with van der Waals surface area (Å²) in [5.74, 6) is 0.553. The molecule has 0 saturated carbocycles. The topological polar surface area (TPSA) is 43.1 Å². The fraction of sp³-hybridized carbons (Fsp3) is 0.300. The first kappa shape index (κ1) is 11.5. The van der Waals surface area contributed by atoms with Gasteiger partial charge in [0.15, 0.2) is 0 Å². The first-order valence-electron chi connectivity index (χ1n) is 4.17. The van der Waals surface area contributed by atoms with Gasteiger partial charge in [0, 0.05) is 18.0 Å². The lowest BCUT2D eigenvalue weighted by Gasteiger charge is -2.04. The Morgan fingerprint density at radius 1 is 1.36 bits per heavy atom. The van der Waals surface area contributed by atoms with E-state index in [1.807, 2.05) is 12.1 Å². The number of ketones is 1. The van der Waals surface area contributed by atoms with Gasteiger partial charge in [-0.2, -0.15) is 0 Å². The van der Waals surface area contributed by atoms with Crippen LogP contribution in [-0.2, 0) is 17.1 Å². The summed E-state index contributed by atoms with van der Waals surface area (Å²) in [6, 6.07) is 5.52. The monoisotopic (exact) mass is 275 g/mol. The highest BCUT2D eigenvalue weighted by Gasteiger charge is 2.03. The van der Waals surface area contributed by atoms with Gasteiger partial charge in [-0.1, -0.05) is 22.0 Å². The van der Waals surface area contributed by atoms with E-state index in [-0.39, 0.29) is 5.78 Å². The van der Waals surface area contributed by atoms with Gasteiger partial charge in [-0.15, -0.1) is 11.6 Å². The van der Waals surface area contributed by atoms with E-state index in [9.17, 15) is 4.79 Å². The zero-order valence-electron chi connectivity index (χ0n) is 7.59. The van der Waals surface area contributed by atoms with Gasteiger partial charge in [0.05, 0.1) is 5.33 Å². The molecule has 0 fully saturated rings. The van der Waals surface area contributed by atoms with Gasteiger partial charge in [-0.05, 0) is 23.3 Å². The van der Waals surface area contributed by atoms with Gasteiger partial charge in [0.25, 0.3) is 0 Å². The van der Waals surface area contributed by atoms with Crippen molar-refractivity contribution in [3.8, 4) is 0 Å². The number of Topliss-reactive ketones (excluding diaryl/α,β-unsaturated/α-hetero) is 1. The lowest BCUT2D eigenvalue weighted by Crippen LogP contribution is -2.04. The van der Waals surface area contributed by atoms with Crippen molar-refractivity contribution in [1.82, 2.24) is 0 Å². The largest absolute Gasteiger partial charge is 0.399 e. The Labute approximate surface area is 96.6 Å². The Kier molecular flexibility index (Phi) is 4.42. The van der Waals surface area contributed by atoms with E-state index in [1.54, 1.807) is 6.07 Å². The Hall–Kier alpha value is -0.540. The summed E-state index contributed by atoms with van der Waals surface area (Å²) in [7, 11) is 0. The van der Waals surface area contributed by atoms with Crippen LogP contribution in [0.1, 0.15) is 11.1 Å². The third-order valence-corrected chi connectivity index (χ3v) is 2.71. The average Bonchev–Trinajstić information content (AvgIpc) is 2.16. The van der Waals surface area contributed by atoms with E-state index >= 15 is 0 Å². The summed E-state index contributed by atoms with van der Waals surface area (Å²) in [6.07, 6.45) is 0.403. The van der Waals surface area contributed by atoms with Crippen molar-refractivity contribution in [2.24, 2.45) is 0 Å². The normalized spacial score (nSPS) is 10.1. The lowest BCUT2D eigenvalue weighted by atomic mass is 10.1. The molecule has 0 aliphatic heterocycles. The minimum atomic E-state index is 0.135. The van der Waals surface area contributed by atoms with Crippen LogP contribution in [0.3, 0.4) is 0 Å². The molecule has 0 aliphatic carbocycles. The number of benzene rings is 1. The van der Waals surface area contributed by atoms with Crippen molar-refractivity contribution in [3.05, 3.63) is 29.3 Å². The molecule has 76 valence electrons. The van der Waals surface area contributed by atoms with Gasteiger partial charge < -0.3 is 5.73 Å². The number of rotatable bonds is 4. The summed E-state index contributed by atoms with van der Waals surface area (Å²) in [4.78, 5) is 11.2. The highest BCUT2D eigenvalue weighted by atomic mass is 79.9. The minimum absolute atomic E-state index is 0.135. The molecule has 0 unspecified atom stereocenters. The van der Waals surface area contributed by atoms with E-state index in [2.05, 4.69) is 15.9 Å². The summed E-state index contributed by atoms with van der Waals surface area (Å²) in [5.41, 5.74) is 8.19. The maximum absolute atomic E-state index is 11.2. The number of carbonyl (C=O) groups is 1. The van der Waals surface area contributed by atoms with Gasteiger partial charge in [-0.25, -0.2) is 0 Å². The van der Waals surface area contributed by atoms with E-state index in [0.717, 1.165) is 11.1 Å². The molecule has 0 saturated heterocycles. The number of hydrogen-bond acceptors (Lipinski definition) is 2. The fourth-order valence-electron chi connectivity index (χ4n) is 1.25. The Balaban J connectivity index is 2.86. The van der Waals surface area contributed by atoms with E-state index in [0.29, 0.717) is 23.3 Å². The maximum Gasteiger partial charge on any atom is 0.147 e. The van der Waals surface area contributed by atoms with Crippen LogP contribution < -0.4 is 5.73 Å². The molecule has 1 aromatic rings. The molecule has 1 aromatic carbocycles. The Morgan fingerprint density at radius 2 is 2.00 bits per heavy atom. The van der Waals surface area contributed by atoms with Crippen molar-refractivity contribution >= 4 is 39.0 Å². The third-order valence-electron chi connectivity index (χ3n) is 1.78. The second kappa shape index (κ2) is 5.37. The maximum atomic E-state index is 11.2. The number of anilines is 1. The molecule has 0 aromatic heterocycles. The number of nitrogens with two attached hydrogens (primary N) is 1. The summed E-state index contributed by atoms with van der Waals surface area (Å²) in [5, 5.41) is 0.373. The van der Waals surface area contributed by atoms with Gasteiger partial charge in [-0.3, -0.25) is 4.79 Å². The van der Waals surface area contributed by atoms with Crippen molar-refractivity contribution in [2.45, 2.75) is 12.3 Å². The number of halogens is 2. The number of hydrogen-bond donors (Lipinski definition) is 1. The van der Waals surface area contributed by atoms with E-state index < -0.39 is 0 Å². The smallest absolute Gasteiger partial charge is 0.147 e. The zero-order valence-corrected chi connectivity index (χ0v) is 9.94. The Bertz CT molecular complexity index is 341. The molecule has 0 spiro atoms. The standard InChI is InChI=1S/C10H11BrClNO/c11-5-10(14)4-7-1-8(6-12)3-9(13)2-7/h1-3H,4-6,13H2. The van der Waals surface area contributed by atoms with Crippen LogP contribution in [-0.4, -0.2) is 11.1 Å². The molecule has 0 heterocycles. The van der Waals surface area contributed by atoms with Crippen molar-refractivity contribution in [1.29, 1.82) is 0 Å². The van der Waals surface area contributed by atoms with Crippen molar-refractivity contribution < 1.29 is 4.79 Å². The molecule has 4 heteroatoms. The zero-order chi connectivity index (χ0) is 10.6. The van der Waals surface area contributed by atoms with Gasteiger partial charge in [0.1, 0.15) is 5.78 Å². The molecule has 0 aliphatic rings. The number of nitrogen functional groups attached to an aromatic ring is 1. The van der Waals surface area contributed by atoms with E-state index in [4.69, 9.17) is 17.3 Å². The van der Waals surface area contributed by atoms with Crippen LogP contribution in [0.4, 0.5) is 5.69 Å². The van der Waals surface area contributed by atoms with Gasteiger partial charge in [0.2, 0.25) is 0 Å². The van der Waals surface area contributed by atoms with E-state index in [1.165, 1.54) is 0 Å². The molecular weight excluding hydrogens is 265 g/mol. The van der Waals surface area contributed by atoms with Gasteiger partial charge >= 0.3 is 0 Å². The van der Waals surface area contributed by atoms with Crippen molar-refractivity contribution in [3.63, 3.8) is 0 Å². The SMILES string of the molecule is Nc1cc(CCl)cc(CC(=O)CBr)c1. The quantitative estimate of drug-likeness (QED) is 0.678. The molecule has 2 N–H and O–H groups in total. The summed E-state index contributed by atoms with van der Waals surface area (Å²) < 4.78 is 0. The third kappa shape index (κ3) is 3.31. The minimum Gasteiger partial charge on any atom is -0.399 e. The lowest BCUT2D eigenvalue weighted by molar-refractivity contribution is -0.115. The molecule has 14 heavy (non-hydrogen) atoms. The molecule has 1 rings (SSSR count). The predicted molar refractivity (Wildman–Crippen MR) is 62.9 cm³/mol. The average molecular weight is 277 g/mol. The fourth-order valence-corrected chi connectivity index (χ4v) is 1.60. The van der Waals surface area contributed by atoms with Crippen LogP contribution in [0, 0.1) is 0 Å². The van der Waals surface area contributed by atoms with Crippen LogP contribution in [0.5, 0.6) is 0 Å². The number of alkyl halides is 2. The molecule has 0 atom stereocenters. The second-order valence-corrected chi connectivity index (χ2v) is 3.89. The van der Waals surface area contributed by atoms with Crippen LogP contribution in [0.15, 0.2) is 18.2 Å². The predicted octanol–water partition coefficient (Wildman–Crippen LogP) is 2.51. The molecule has 0 bridgehead atoms. The van der Waals surface area contributed by atoms with Crippen LogP contribution in [0.2, 0.25) is 0 Å². The van der Waals surface area contributed by atoms with Crippen molar-refractivity contribution in [2.75, 3.05) is 11.1 Å². The highest BCUT2D eigenvalue weighted by Crippen LogP contribution is 2.14. The molecule has 0 radical (unpaired) electrons. The first-order chi connectivity index (χ1) is 6.65. The number of carbonyl (C=O) groups excluding carboxylic acids is 1. The van der Waals surface area contributed by atoms with Crippen LogP contribution >= 0.6 is 27.5 Å².